The molecule has 2 aliphatic heterocycles. The summed E-state index contributed by atoms with van der Waals surface area (Å²) < 4.78 is 29.4. The Labute approximate surface area is 523 Å². The van der Waals surface area contributed by atoms with E-state index in [1.807, 2.05) is 0 Å². The third kappa shape index (κ3) is 15.2. The zero-order valence-corrected chi connectivity index (χ0v) is 56.4. The van der Waals surface area contributed by atoms with Gasteiger partial charge in [-0.05, 0) is 242 Å². The van der Waals surface area contributed by atoms with Crippen LogP contribution in [0.4, 0.5) is 0 Å². The Morgan fingerprint density at radius 2 is 0.536 bits per heavy atom. The summed E-state index contributed by atoms with van der Waals surface area (Å²) in [5.74, 6) is 0. The summed E-state index contributed by atoms with van der Waals surface area (Å²) in [5, 5.41) is 10.1. The second-order valence-electron chi connectivity index (χ2n) is 26.7. The molecule has 84 heavy (non-hydrogen) atoms. The minimum atomic E-state index is -0.514. The molecule has 0 atom stereocenters. The Kier molecular flexibility index (Phi) is 21.6. The van der Waals surface area contributed by atoms with Gasteiger partial charge in [0.1, 0.15) is 0 Å². The Balaban J connectivity index is 0.000000217. The highest BCUT2D eigenvalue weighted by molar-refractivity contribution is 9.11. The number of hydrogen-bond donors (Lipinski definition) is 0. The van der Waals surface area contributed by atoms with Crippen molar-refractivity contribution in [1.29, 1.82) is 0 Å². The first kappa shape index (κ1) is 64.2. The van der Waals surface area contributed by atoms with Gasteiger partial charge in [-0.3, -0.25) is 0 Å². The van der Waals surface area contributed by atoms with E-state index in [0.29, 0.717) is 0 Å². The third-order valence-electron chi connectivity index (χ3n) is 19.0. The van der Waals surface area contributed by atoms with Crippen molar-refractivity contribution in [1.82, 2.24) is 0 Å². The second-order valence-corrected chi connectivity index (χ2v) is 28.4. The van der Waals surface area contributed by atoms with E-state index in [4.69, 9.17) is 18.6 Å². The van der Waals surface area contributed by atoms with Crippen LogP contribution >= 0.6 is 31.9 Å². The van der Waals surface area contributed by atoms with E-state index >= 15 is 0 Å². The van der Waals surface area contributed by atoms with Gasteiger partial charge in [0.05, 0.1) is 22.4 Å². The van der Waals surface area contributed by atoms with Gasteiger partial charge < -0.3 is 18.6 Å². The molecule has 0 N–H and O–H groups in total. The van der Waals surface area contributed by atoms with Crippen LogP contribution in [0.15, 0.2) is 130 Å². The summed E-state index contributed by atoms with van der Waals surface area (Å²) in [5.41, 5.74) is 10.6. The number of rotatable bonds is 24. The Morgan fingerprint density at radius 3 is 0.798 bits per heavy atom. The maximum absolute atomic E-state index is 6.79. The molecule has 2 aliphatic rings. The molecule has 2 fully saturated rings. The van der Waals surface area contributed by atoms with Gasteiger partial charge in [-0.25, -0.2) is 0 Å². The molecule has 8 heteroatoms. The van der Waals surface area contributed by atoms with Crippen molar-refractivity contribution in [3.05, 3.63) is 153 Å². The monoisotopic (exact) mass is 1250 g/mol. The van der Waals surface area contributed by atoms with E-state index < -0.39 is 36.6 Å². The van der Waals surface area contributed by atoms with E-state index in [1.165, 1.54) is 192 Å². The molecule has 0 unspecified atom stereocenters. The molecule has 2 heterocycles. The van der Waals surface area contributed by atoms with Crippen molar-refractivity contribution in [2.45, 2.75) is 234 Å². The summed E-state index contributed by atoms with van der Waals surface area (Å²) in [6.45, 7) is 26.1. The van der Waals surface area contributed by atoms with E-state index in [2.05, 4.69) is 236 Å². The predicted molar refractivity (Wildman–Crippen MR) is 372 cm³/mol. The first-order valence-electron chi connectivity index (χ1n) is 32.5. The number of benzene rings is 8. The van der Waals surface area contributed by atoms with Crippen LogP contribution in [0.1, 0.15) is 208 Å². The molecule has 10 rings (SSSR count). The minimum absolute atomic E-state index is 0.462. The largest absolute Gasteiger partial charge is 0.495 e. The van der Waals surface area contributed by atoms with Crippen molar-refractivity contribution in [2.75, 3.05) is 0 Å². The second kappa shape index (κ2) is 28.3. The molecule has 0 aliphatic carbocycles. The van der Waals surface area contributed by atoms with Gasteiger partial charge in [0.15, 0.2) is 0 Å². The average Bonchev–Trinajstić information content (AvgIpc) is 2.51. The van der Waals surface area contributed by atoms with Crippen molar-refractivity contribution in [3.8, 4) is 22.3 Å². The fraction of sp³-hybridized carbons (Fsp3) is 0.474. The maximum atomic E-state index is 6.79. The van der Waals surface area contributed by atoms with E-state index in [0.717, 1.165) is 43.8 Å². The van der Waals surface area contributed by atoms with Crippen LogP contribution < -0.4 is 10.9 Å². The van der Waals surface area contributed by atoms with Crippen molar-refractivity contribution < 1.29 is 18.6 Å². The highest BCUT2D eigenvalue weighted by atomic mass is 79.9. The first-order valence-corrected chi connectivity index (χ1v) is 34.1. The molecule has 4 nitrogen and oxygen atoms in total. The summed E-state index contributed by atoms with van der Waals surface area (Å²) >= 11 is 7.76. The summed E-state index contributed by atoms with van der Waals surface area (Å²) in [4.78, 5) is 0. The number of hydrogen-bond acceptors (Lipinski definition) is 4. The van der Waals surface area contributed by atoms with Crippen molar-refractivity contribution in [3.63, 3.8) is 0 Å². The van der Waals surface area contributed by atoms with Gasteiger partial charge in [-0.1, -0.05) is 222 Å². The molecule has 444 valence electrons. The highest BCUT2D eigenvalue weighted by Gasteiger charge is 2.54. The van der Waals surface area contributed by atoms with Crippen LogP contribution in [0.25, 0.3) is 65.3 Å². The quantitative estimate of drug-likeness (QED) is 0.0446. The molecule has 0 amide bonds. The third-order valence-corrected chi connectivity index (χ3v) is 20.3. The minimum Gasteiger partial charge on any atom is -0.399 e. The average molecular weight is 1260 g/mol. The first-order chi connectivity index (χ1) is 40.2. The molecule has 8 aromatic carbocycles. The summed E-state index contributed by atoms with van der Waals surface area (Å²) in [7, 11) is -1.03. The lowest BCUT2D eigenvalue weighted by Crippen LogP contribution is -2.41. The predicted octanol–water partition coefficient (Wildman–Crippen LogP) is 21.9. The molecule has 0 spiro atoms. The standard InChI is InChI=1S/C44H60B2O4.C32H36Br2/c1-11-13-15-17-19-31-21-23-33-27-37(39(29-35(33)25-31)45-47-41(3,4)42(5,6)48-45)38-28-34-24-22-32(20-18-16-14-12-2)26-36(34)30-40(38)46-49-43(7,8)44(9,10)50-46;1-3-5-7-9-11-23-13-15-25-19-29(31(33)21-27(25)17-23)30-20-26-16-14-24(12-10-8-6-4-2)18-28(26)22-32(30)34/h21-30H,11-20H2,1-10H3;13-22H,3-12H2,1-2H3. The van der Waals surface area contributed by atoms with Crippen molar-refractivity contribution in [2.24, 2.45) is 0 Å². The SMILES string of the molecule is CCCCCCc1ccc2cc(-c3cc4ccc(CCCCCC)cc4cc3B3OC(C)(C)C(C)(C)O3)c(B3OC(C)(C)C(C)(C)O3)cc2c1.CCCCCCc1ccc2cc(-c3cc4ccc(CCCCCC)cc4cc3Br)c(Br)cc2c1. The Hall–Kier alpha value is -4.27. The van der Waals surface area contributed by atoms with Gasteiger partial charge in [0.2, 0.25) is 0 Å². The van der Waals surface area contributed by atoms with Gasteiger partial charge in [0.25, 0.3) is 0 Å². The Morgan fingerprint density at radius 1 is 0.286 bits per heavy atom. The normalized spacial score (nSPS) is 16.1. The molecular formula is C76H96B2Br2O4. The van der Waals surface area contributed by atoms with Crippen LogP contribution in [0.2, 0.25) is 0 Å². The Bertz CT molecular complexity index is 3280. The number of aryl methyl sites for hydroxylation is 4. The fourth-order valence-corrected chi connectivity index (χ4v) is 13.4. The molecule has 0 saturated carbocycles. The van der Waals surface area contributed by atoms with Gasteiger partial charge in [0, 0.05) is 8.95 Å². The molecular weight excluding hydrogens is 1160 g/mol. The lowest BCUT2D eigenvalue weighted by Gasteiger charge is -2.32. The summed E-state index contributed by atoms with van der Waals surface area (Å²) in [6, 6.07) is 46.4. The molecule has 0 aromatic heterocycles. The van der Waals surface area contributed by atoms with Gasteiger partial charge in [-0.2, -0.15) is 0 Å². The lowest BCUT2D eigenvalue weighted by molar-refractivity contribution is 0.00578. The van der Waals surface area contributed by atoms with E-state index in [-0.39, 0.29) is 0 Å². The zero-order valence-electron chi connectivity index (χ0n) is 53.2. The fourth-order valence-electron chi connectivity index (χ4n) is 12.2. The summed E-state index contributed by atoms with van der Waals surface area (Å²) in [6.07, 6.45) is 25.1. The van der Waals surface area contributed by atoms with Crippen LogP contribution in [0.5, 0.6) is 0 Å². The van der Waals surface area contributed by atoms with E-state index in [1.54, 1.807) is 0 Å². The molecule has 2 saturated heterocycles. The highest BCUT2D eigenvalue weighted by Crippen LogP contribution is 2.42. The number of unbranched alkanes of at least 4 members (excludes halogenated alkanes) is 12. The maximum Gasteiger partial charge on any atom is 0.495 e. The smallest absolute Gasteiger partial charge is 0.399 e. The molecule has 8 aromatic rings. The van der Waals surface area contributed by atoms with Crippen molar-refractivity contribution >= 4 is 100 Å². The van der Waals surface area contributed by atoms with Crippen LogP contribution in [0.3, 0.4) is 0 Å². The number of halogens is 2. The van der Waals surface area contributed by atoms with Crippen LogP contribution in [0, 0.1) is 0 Å². The van der Waals surface area contributed by atoms with Crippen LogP contribution in [-0.4, -0.2) is 36.6 Å². The van der Waals surface area contributed by atoms with E-state index in [9.17, 15) is 0 Å². The molecule has 0 radical (unpaired) electrons. The lowest BCUT2D eigenvalue weighted by atomic mass is 9.68. The molecule has 0 bridgehead atoms. The van der Waals surface area contributed by atoms with Gasteiger partial charge in [-0.15, -0.1) is 0 Å². The van der Waals surface area contributed by atoms with Crippen LogP contribution in [-0.2, 0) is 44.3 Å². The zero-order chi connectivity index (χ0) is 59.8. The topological polar surface area (TPSA) is 36.9 Å². The number of fused-ring (bicyclic) bond motifs is 4. The van der Waals surface area contributed by atoms with Gasteiger partial charge >= 0.3 is 14.2 Å².